The zero-order valence-corrected chi connectivity index (χ0v) is 18.1. The molecule has 2 aromatic heterocycles. The largest absolute Gasteiger partial charge is 0.573 e. The Morgan fingerprint density at radius 2 is 2.06 bits per heavy atom. The predicted molar refractivity (Wildman–Crippen MR) is 116 cm³/mol. The monoisotopic (exact) mass is 463 g/mol. The molecule has 0 spiro atoms. The fourth-order valence-electron chi connectivity index (χ4n) is 3.52. The van der Waals surface area contributed by atoms with Crippen molar-refractivity contribution in [2.45, 2.75) is 19.7 Å². The van der Waals surface area contributed by atoms with Gasteiger partial charge in [-0.1, -0.05) is 17.7 Å². The van der Waals surface area contributed by atoms with Gasteiger partial charge < -0.3 is 15.0 Å². The molecule has 0 bridgehead atoms. The molecule has 3 heterocycles. The van der Waals surface area contributed by atoms with Crippen molar-refractivity contribution < 1.29 is 22.7 Å². The number of aromatic nitrogens is 3. The lowest BCUT2D eigenvalue weighted by Gasteiger charge is -2.29. The molecule has 0 fully saturated rings. The Kier molecular flexibility index (Phi) is 5.92. The summed E-state index contributed by atoms with van der Waals surface area (Å²) in [7, 11) is 1.73. The summed E-state index contributed by atoms with van der Waals surface area (Å²) in [6.07, 6.45) is -2.26. The van der Waals surface area contributed by atoms with Crippen LogP contribution in [0.4, 0.5) is 24.0 Å². The van der Waals surface area contributed by atoms with Gasteiger partial charge in [0.25, 0.3) is 5.91 Å². The van der Waals surface area contributed by atoms with Gasteiger partial charge in [-0.05, 0) is 37.1 Å². The highest BCUT2D eigenvalue weighted by Crippen LogP contribution is 2.32. The number of rotatable bonds is 5. The number of nitrogens with one attached hydrogen (secondary N) is 1. The Balaban J connectivity index is 1.56. The van der Waals surface area contributed by atoms with Gasteiger partial charge in [-0.2, -0.15) is 5.10 Å². The molecule has 4 rings (SSSR count). The Hall–Kier alpha value is -3.34. The van der Waals surface area contributed by atoms with Gasteiger partial charge in [-0.25, -0.2) is 4.98 Å². The summed E-state index contributed by atoms with van der Waals surface area (Å²) in [5, 5.41) is 9.60. The summed E-state index contributed by atoms with van der Waals surface area (Å²) in [6.45, 7) is 3.53. The maximum absolute atomic E-state index is 12.8. The number of thiazole rings is 1. The van der Waals surface area contributed by atoms with Crippen molar-refractivity contribution in [3.8, 4) is 5.75 Å². The number of anilines is 2. The topological polar surface area (TPSA) is 72.3 Å². The van der Waals surface area contributed by atoms with Crippen molar-refractivity contribution in [1.82, 2.24) is 14.8 Å². The molecule has 0 radical (unpaired) electrons. The van der Waals surface area contributed by atoms with Crippen molar-refractivity contribution in [1.29, 1.82) is 0 Å². The lowest BCUT2D eigenvalue weighted by atomic mass is 9.99. The van der Waals surface area contributed by atoms with E-state index in [1.54, 1.807) is 35.3 Å². The third-order valence-corrected chi connectivity index (χ3v) is 5.93. The fourth-order valence-corrected chi connectivity index (χ4v) is 4.19. The van der Waals surface area contributed by atoms with Crippen LogP contribution in [0.5, 0.6) is 5.75 Å². The lowest BCUT2D eigenvalue weighted by Crippen LogP contribution is -2.31. The van der Waals surface area contributed by atoms with E-state index < -0.39 is 18.0 Å². The number of amides is 1. The Morgan fingerprint density at radius 3 is 2.78 bits per heavy atom. The highest BCUT2D eigenvalue weighted by molar-refractivity contribution is 7.13. The van der Waals surface area contributed by atoms with Gasteiger partial charge in [0.2, 0.25) is 0 Å². The molecular weight excluding hydrogens is 443 g/mol. The molecule has 1 N–H and O–H groups in total. The van der Waals surface area contributed by atoms with E-state index in [1.807, 2.05) is 12.3 Å². The normalized spacial score (nSPS) is 14.6. The second-order valence-electron chi connectivity index (χ2n) is 7.28. The summed E-state index contributed by atoms with van der Waals surface area (Å²) >= 11 is 1.56. The molecule has 1 aliphatic heterocycles. The number of hydrogen-bond acceptors (Lipinski definition) is 6. The van der Waals surface area contributed by atoms with Gasteiger partial charge in [0.05, 0.1) is 11.4 Å². The number of benzene rings is 1. The number of carbonyl (C=O) groups excluding carboxylic acids is 1. The summed E-state index contributed by atoms with van der Waals surface area (Å²) in [5.74, 6) is -1.12. The second-order valence-corrected chi connectivity index (χ2v) is 8.15. The van der Waals surface area contributed by atoms with E-state index in [0.29, 0.717) is 6.54 Å². The van der Waals surface area contributed by atoms with Gasteiger partial charge in [0.1, 0.15) is 0 Å². The Morgan fingerprint density at radius 1 is 1.28 bits per heavy atom. The Labute approximate surface area is 186 Å². The van der Waals surface area contributed by atoms with Crippen LogP contribution in [0.3, 0.4) is 0 Å². The molecule has 0 atom stereocenters. The number of ether oxygens (including phenoxy) is 1. The lowest BCUT2D eigenvalue weighted by molar-refractivity contribution is -0.274. The number of aryl methyl sites for hydroxylation is 1. The maximum Gasteiger partial charge on any atom is 0.573 e. The van der Waals surface area contributed by atoms with Crippen LogP contribution < -0.4 is 15.0 Å². The number of para-hydroxylation sites is 2. The molecule has 168 valence electrons. The molecule has 32 heavy (non-hydrogen) atoms. The minimum atomic E-state index is -4.87. The van der Waals surface area contributed by atoms with Gasteiger partial charge in [-0.15, -0.1) is 24.5 Å². The van der Waals surface area contributed by atoms with Crippen molar-refractivity contribution in [3.63, 3.8) is 0 Å². The fraction of sp³-hybridized carbons (Fsp3) is 0.286. The smallest absolute Gasteiger partial charge is 0.404 e. The van der Waals surface area contributed by atoms with Crippen molar-refractivity contribution in [2.24, 2.45) is 7.05 Å². The van der Waals surface area contributed by atoms with Crippen LogP contribution in [-0.2, 0) is 7.05 Å². The number of nitrogens with zero attached hydrogens (tertiary/aromatic N) is 4. The molecule has 1 amide bonds. The first-order chi connectivity index (χ1) is 15.2. The van der Waals surface area contributed by atoms with E-state index in [2.05, 4.69) is 25.0 Å². The number of carbonyl (C=O) groups is 1. The van der Waals surface area contributed by atoms with Crippen LogP contribution in [0.25, 0.3) is 5.57 Å². The highest BCUT2D eigenvalue weighted by atomic mass is 32.1. The average molecular weight is 463 g/mol. The third kappa shape index (κ3) is 4.77. The zero-order chi connectivity index (χ0) is 22.9. The van der Waals surface area contributed by atoms with Crippen LogP contribution in [0.2, 0.25) is 0 Å². The molecule has 0 unspecified atom stereocenters. The van der Waals surface area contributed by atoms with Crippen LogP contribution in [0.15, 0.2) is 47.5 Å². The standard InChI is InChI=1S/C21H20F3N5O2S/c1-13-7-9-29(20-25-8-10-32-20)12-14(13)17-11-16(27-28(17)2)19(30)26-15-5-3-4-6-18(15)31-21(22,23)24/h3-6,8,10-11H,7,9,12H2,1-2H3,(H,26,30). The minimum absolute atomic E-state index is 0.0926. The zero-order valence-electron chi connectivity index (χ0n) is 17.3. The quantitative estimate of drug-likeness (QED) is 0.593. The van der Waals surface area contributed by atoms with E-state index in [4.69, 9.17) is 0 Å². The molecule has 7 nitrogen and oxygen atoms in total. The SMILES string of the molecule is CC1=C(c2cc(C(=O)Nc3ccccc3OC(F)(F)F)nn2C)CN(c2nccs2)CC1. The van der Waals surface area contributed by atoms with Crippen molar-refractivity contribution in [3.05, 3.63) is 58.9 Å². The van der Waals surface area contributed by atoms with Crippen LogP contribution in [0.1, 0.15) is 29.5 Å². The molecule has 11 heteroatoms. The van der Waals surface area contributed by atoms with Gasteiger partial charge >= 0.3 is 6.36 Å². The minimum Gasteiger partial charge on any atom is -0.404 e. The number of alkyl halides is 3. The first kappa shape index (κ1) is 21.9. The van der Waals surface area contributed by atoms with E-state index >= 15 is 0 Å². The summed E-state index contributed by atoms with van der Waals surface area (Å²) in [4.78, 5) is 19.3. The van der Waals surface area contributed by atoms with Crippen LogP contribution in [-0.4, -0.2) is 40.1 Å². The van der Waals surface area contributed by atoms with E-state index in [1.165, 1.54) is 23.8 Å². The van der Waals surface area contributed by atoms with E-state index in [0.717, 1.165) is 35.4 Å². The predicted octanol–water partition coefficient (Wildman–Crippen LogP) is 4.71. The van der Waals surface area contributed by atoms with Crippen LogP contribution >= 0.6 is 11.3 Å². The Bertz CT molecular complexity index is 1150. The van der Waals surface area contributed by atoms with Gasteiger partial charge in [0.15, 0.2) is 16.6 Å². The molecular formula is C21H20F3N5O2S. The highest BCUT2D eigenvalue weighted by Gasteiger charge is 2.32. The molecule has 1 aromatic carbocycles. The third-order valence-electron chi connectivity index (χ3n) is 5.09. The summed E-state index contributed by atoms with van der Waals surface area (Å²) in [5.41, 5.74) is 3.01. The molecule has 3 aromatic rings. The molecule has 1 aliphatic rings. The van der Waals surface area contributed by atoms with Gasteiger partial charge in [-0.3, -0.25) is 9.48 Å². The van der Waals surface area contributed by atoms with Crippen LogP contribution in [0, 0.1) is 0 Å². The number of halogens is 3. The average Bonchev–Trinajstić information content (AvgIpc) is 3.39. The van der Waals surface area contributed by atoms with E-state index in [-0.39, 0.29) is 11.4 Å². The van der Waals surface area contributed by atoms with Crippen molar-refractivity contribution in [2.75, 3.05) is 23.3 Å². The van der Waals surface area contributed by atoms with E-state index in [9.17, 15) is 18.0 Å². The molecule has 0 saturated heterocycles. The summed E-state index contributed by atoms with van der Waals surface area (Å²) < 4.78 is 43.6. The first-order valence-corrected chi connectivity index (χ1v) is 10.6. The van der Waals surface area contributed by atoms with Gasteiger partial charge in [0, 0.05) is 31.7 Å². The molecule has 0 saturated carbocycles. The first-order valence-electron chi connectivity index (χ1n) is 9.75. The second kappa shape index (κ2) is 8.65. The van der Waals surface area contributed by atoms with Crippen molar-refractivity contribution >= 4 is 33.6 Å². The molecule has 0 aliphatic carbocycles. The maximum atomic E-state index is 12.8. The number of hydrogen-bond donors (Lipinski definition) is 1. The summed E-state index contributed by atoms with van der Waals surface area (Å²) in [6, 6.07) is 7.01.